The van der Waals surface area contributed by atoms with E-state index < -0.39 is 41.5 Å². The van der Waals surface area contributed by atoms with Crippen molar-refractivity contribution >= 4 is 23.6 Å². The van der Waals surface area contributed by atoms with Gasteiger partial charge in [-0.25, -0.2) is 4.79 Å². The van der Waals surface area contributed by atoms with Crippen molar-refractivity contribution in [1.82, 2.24) is 20.2 Å². The number of amides is 3. The largest absolute Gasteiger partial charge is 0.480 e. The molecule has 3 rings (SSSR count). The van der Waals surface area contributed by atoms with Crippen molar-refractivity contribution in [2.75, 3.05) is 12.4 Å². The summed E-state index contributed by atoms with van der Waals surface area (Å²) in [5, 5.41) is 15.7. The molecule has 0 atom stereocenters. The average Bonchev–Trinajstić information content (AvgIpc) is 2.84. The second-order valence-electron chi connectivity index (χ2n) is 7.48. The number of aliphatic carboxylic acids is 1. The molecule has 0 aliphatic rings. The Morgan fingerprint density at radius 1 is 1.08 bits per heavy atom. The molecule has 194 valence electrons. The van der Waals surface area contributed by atoms with E-state index in [1.807, 2.05) is 5.32 Å². The number of nitrogens with zero attached hydrogens (tertiary/aromatic N) is 2. The van der Waals surface area contributed by atoms with Crippen LogP contribution in [-0.2, 0) is 24.1 Å². The number of ether oxygens (including phenoxy) is 1. The van der Waals surface area contributed by atoms with Gasteiger partial charge in [0, 0.05) is 32.1 Å². The number of carboxylic acids is 1. The molecule has 0 bridgehead atoms. The maximum absolute atomic E-state index is 13.1. The fourth-order valence-corrected chi connectivity index (χ4v) is 3.03. The summed E-state index contributed by atoms with van der Waals surface area (Å²) in [7, 11) is 1.47. The number of urea groups is 1. The lowest BCUT2D eigenvalue weighted by Crippen LogP contribution is -2.34. The minimum atomic E-state index is -4.87. The molecule has 0 saturated heterocycles. The van der Waals surface area contributed by atoms with Crippen molar-refractivity contribution < 1.29 is 37.4 Å². The Hall–Kier alpha value is -4.88. The molecule has 2 aromatic heterocycles. The van der Waals surface area contributed by atoms with Crippen LogP contribution >= 0.6 is 0 Å². The van der Waals surface area contributed by atoms with Crippen LogP contribution in [0.5, 0.6) is 11.5 Å². The Morgan fingerprint density at radius 3 is 2.41 bits per heavy atom. The van der Waals surface area contributed by atoms with Crippen LogP contribution in [0.3, 0.4) is 0 Å². The molecule has 14 heteroatoms. The predicted octanol–water partition coefficient (Wildman–Crippen LogP) is 2.82. The number of hydrogen-bond acceptors (Lipinski definition) is 6. The lowest BCUT2D eigenvalue weighted by molar-refractivity contribution is -0.140. The molecule has 0 spiro atoms. The number of pyridine rings is 2. The van der Waals surface area contributed by atoms with Crippen LogP contribution in [0.2, 0.25) is 0 Å². The van der Waals surface area contributed by atoms with Crippen molar-refractivity contribution in [2.24, 2.45) is 0 Å². The summed E-state index contributed by atoms with van der Waals surface area (Å²) in [5.41, 5.74) is -2.37. The molecule has 0 aliphatic carbocycles. The van der Waals surface area contributed by atoms with Crippen molar-refractivity contribution in [2.45, 2.75) is 19.3 Å². The summed E-state index contributed by atoms with van der Waals surface area (Å²) >= 11 is 0. The first-order valence-corrected chi connectivity index (χ1v) is 10.5. The summed E-state index contributed by atoms with van der Waals surface area (Å²) in [6, 6.07) is 8.87. The molecule has 0 radical (unpaired) electrons. The zero-order chi connectivity index (χ0) is 27.2. The van der Waals surface area contributed by atoms with Crippen LogP contribution in [0, 0.1) is 0 Å². The third-order valence-electron chi connectivity index (χ3n) is 4.77. The summed E-state index contributed by atoms with van der Waals surface area (Å²) in [5.74, 6) is -1.12. The Bertz CT molecular complexity index is 1370. The third kappa shape index (κ3) is 7.30. The standard InChI is InChI=1S/C23H20F3N5O6/c1-27-20(34)17-9-16(6-7-28-17)37-15-4-2-13(3-5-15)10-29-22(36)30-18-8-14(23(24,25)26)11-31(21(18)35)12-19(32)33/h2-9,11H,10,12H2,1H3,(H,27,34)(H,32,33)(H2,29,30,36). The maximum Gasteiger partial charge on any atom is 0.417 e. The van der Waals surface area contributed by atoms with Gasteiger partial charge in [-0.1, -0.05) is 12.1 Å². The van der Waals surface area contributed by atoms with Crippen LogP contribution < -0.4 is 26.2 Å². The van der Waals surface area contributed by atoms with E-state index in [1.54, 1.807) is 30.3 Å². The average molecular weight is 519 g/mol. The monoisotopic (exact) mass is 519 g/mol. The quantitative estimate of drug-likeness (QED) is 0.357. The molecule has 1 aromatic carbocycles. The molecular weight excluding hydrogens is 499 g/mol. The van der Waals surface area contributed by atoms with Crippen molar-refractivity contribution in [3.05, 3.63) is 82.0 Å². The molecule has 0 aliphatic heterocycles. The number of rotatable bonds is 8. The SMILES string of the molecule is CNC(=O)c1cc(Oc2ccc(CNC(=O)Nc3cc(C(F)(F)F)cn(CC(=O)O)c3=O)cc2)ccn1. The number of carbonyl (C=O) groups is 3. The second kappa shape index (κ2) is 11.2. The van der Waals surface area contributed by atoms with Crippen molar-refractivity contribution in [1.29, 1.82) is 0 Å². The topological polar surface area (TPSA) is 152 Å². The first-order chi connectivity index (χ1) is 17.5. The summed E-state index contributed by atoms with van der Waals surface area (Å²) in [6.07, 6.45) is -3.09. The normalized spacial score (nSPS) is 10.9. The molecule has 37 heavy (non-hydrogen) atoms. The first kappa shape index (κ1) is 26.7. The number of anilines is 1. The summed E-state index contributed by atoms with van der Waals surface area (Å²) in [4.78, 5) is 51.0. The number of hydrogen-bond donors (Lipinski definition) is 4. The van der Waals surface area contributed by atoms with Gasteiger partial charge in [-0.3, -0.25) is 19.4 Å². The van der Waals surface area contributed by atoms with E-state index in [4.69, 9.17) is 9.84 Å². The molecule has 11 nitrogen and oxygen atoms in total. The number of aromatic nitrogens is 2. The molecule has 0 saturated carbocycles. The lowest BCUT2D eigenvalue weighted by Gasteiger charge is -2.14. The minimum Gasteiger partial charge on any atom is -0.480 e. The van der Waals surface area contributed by atoms with Crippen molar-refractivity contribution in [3.63, 3.8) is 0 Å². The fourth-order valence-electron chi connectivity index (χ4n) is 3.03. The predicted molar refractivity (Wildman–Crippen MR) is 123 cm³/mol. The van der Waals surface area contributed by atoms with Gasteiger partial charge in [0.25, 0.3) is 11.5 Å². The number of carboxylic acid groups (broad SMARTS) is 1. The maximum atomic E-state index is 13.1. The molecule has 3 aromatic rings. The first-order valence-electron chi connectivity index (χ1n) is 10.5. The van der Waals surface area contributed by atoms with Crippen LogP contribution in [0.25, 0.3) is 0 Å². The second-order valence-corrected chi connectivity index (χ2v) is 7.48. The number of benzene rings is 1. The Kier molecular flexibility index (Phi) is 8.12. The Morgan fingerprint density at radius 2 is 1.78 bits per heavy atom. The Labute approximate surface area is 206 Å². The Balaban J connectivity index is 1.64. The van der Waals surface area contributed by atoms with Gasteiger partial charge in [0.2, 0.25) is 0 Å². The highest BCUT2D eigenvalue weighted by Crippen LogP contribution is 2.29. The fraction of sp³-hybridized carbons (Fsp3) is 0.174. The molecule has 0 unspecified atom stereocenters. The van der Waals surface area contributed by atoms with Gasteiger partial charge >= 0.3 is 18.2 Å². The van der Waals surface area contributed by atoms with Gasteiger partial charge in [-0.15, -0.1) is 0 Å². The zero-order valence-electron chi connectivity index (χ0n) is 19.1. The van der Waals surface area contributed by atoms with E-state index in [0.29, 0.717) is 33.9 Å². The van der Waals surface area contributed by atoms with Gasteiger partial charge in [0.1, 0.15) is 29.4 Å². The molecule has 2 heterocycles. The lowest BCUT2D eigenvalue weighted by atomic mass is 10.2. The molecular formula is C23H20F3N5O6. The number of alkyl halides is 3. The van der Waals surface area contributed by atoms with Crippen molar-refractivity contribution in [3.8, 4) is 11.5 Å². The van der Waals surface area contributed by atoms with Gasteiger partial charge in [-0.05, 0) is 29.8 Å². The number of halogens is 3. The van der Waals surface area contributed by atoms with Crippen LogP contribution in [0.4, 0.5) is 23.7 Å². The van der Waals surface area contributed by atoms with Gasteiger partial charge < -0.3 is 30.4 Å². The van der Waals surface area contributed by atoms with E-state index >= 15 is 0 Å². The summed E-state index contributed by atoms with van der Waals surface area (Å²) < 4.78 is 45.5. The smallest absolute Gasteiger partial charge is 0.417 e. The van der Waals surface area contributed by atoms with E-state index in [2.05, 4.69) is 15.6 Å². The van der Waals surface area contributed by atoms with E-state index in [1.165, 1.54) is 19.3 Å². The van der Waals surface area contributed by atoms with Crippen LogP contribution in [0.15, 0.2) is 59.7 Å². The van der Waals surface area contributed by atoms with E-state index in [-0.39, 0.29) is 18.1 Å². The van der Waals surface area contributed by atoms with Crippen LogP contribution in [0.1, 0.15) is 21.6 Å². The van der Waals surface area contributed by atoms with E-state index in [9.17, 15) is 32.3 Å². The molecule has 4 N–H and O–H groups in total. The third-order valence-corrected chi connectivity index (χ3v) is 4.77. The summed E-state index contributed by atoms with van der Waals surface area (Å²) in [6.45, 7) is -1.06. The van der Waals surface area contributed by atoms with Gasteiger partial charge in [0.15, 0.2) is 0 Å². The number of nitrogens with one attached hydrogen (secondary N) is 3. The highest BCUT2D eigenvalue weighted by atomic mass is 19.4. The van der Waals surface area contributed by atoms with E-state index in [0.717, 1.165) is 0 Å². The minimum absolute atomic E-state index is 0.0511. The highest BCUT2D eigenvalue weighted by Gasteiger charge is 2.32. The number of carbonyl (C=O) groups excluding carboxylic acids is 2. The zero-order valence-corrected chi connectivity index (χ0v) is 19.1. The van der Waals surface area contributed by atoms with Gasteiger partial charge in [-0.2, -0.15) is 13.2 Å². The molecule has 0 fully saturated rings. The van der Waals surface area contributed by atoms with Gasteiger partial charge in [0.05, 0.1) is 5.56 Å². The van der Waals surface area contributed by atoms with Crippen LogP contribution in [-0.4, -0.2) is 39.6 Å². The molecule has 3 amide bonds. The highest BCUT2D eigenvalue weighted by molar-refractivity contribution is 5.92.